The van der Waals surface area contributed by atoms with Crippen molar-refractivity contribution < 1.29 is 14.3 Å². The zero-order chi connectivity index (χ0) is 19.4. The Kier molecular flexibility index (Phi) is 5.88. The van der Waals surface area contributed by atoms with Gasteiger partial charge in [0.1, 0.15) is 11.4 Å². The van der Waals surface area contributed by atoms with Crippen LogP contribution in [-0.2, 0) is 16.1 Å². The third-order valence-corrected chi connectivity index (χ3v) is 4.79. The van der Waals surface area contributed by atoms with Crippen molar-refractivity contribution in [3.8, 4) is 5.75 Å². The lowest BCUT2D eigenvalue weighted by atomic mass is 10.1. The van der Waals surface area contributed by atoms with E-state index in [9.17, 15) is 4.79 Å². The van der Waals surface area contributed by atoms with Gasteiger partial charge >= 0.3 is 0 Å². The molecule has 1 unspecified atom stereocenters. The van der Waals surface area contributed by atoms with Gasteiger partial charge in [-0.3, -0.25) is 9.69 Å². The molecule has 1 fully saturated rings. The van der Waals surface area contributed by atoms with E-state index < -0.39 is 0 Å². The number of hydrogen-bond donors (Lipinski definition) is 1. The Hall–Kier alpha value is -2.70. The van der Waals surface area contributed by atoms with Gasteiger partial charge in [0.2, 0.25) is 0 Å². The second-order valence-corrected chi connectivity index (χ2v) is 6.64. The lowest BCUT2D eigenvalue weighted by Gasteiger charge is -2.23. The Morgan fingerprint density at radius 2 is 1.93 bits per heavy atom. The number of carbonyl (C=O) groups is 1. The molecule has 0 saturated carbocycles. The summed E-state index contributed by atoms with van der Waals surface area (Å²) in [7, 11) is 3.25. The molecule has 2 aromatic carbocycles. The van der Waals surface area contributed by atoms with Crippen LogP contribution in [0, 0.1) is 0 Å². The molecule has 1 atom stereocenters. The van der Waals surface area contributed by atoms with Crippen LogP contribution in [0.2, 0.25) is 0 Å². The number of amides is 1. The fourth-order valence-corrected chi connectivity index (χ4v) is 3.46. The maximum atomic E-state index is 12.9. The van der Waals surface area contributed by atoms with E-state index in [1.165, 1.54) is 0 Å². The van der Waals surface area contributed by atoms with E-state index in [1.54, 1.807) is 25.2 Å². The molecule has 0 aliphatic carbocycles. The Morgan fingerprint density at radius 1 is 1.19 bits per heavy atom. The number of carbonyl (C=O) groups excluding carboxylic acids is 1. The predicted octanol–water partition coefficient (Wildman–Crippen LogP) is 3.66. The fraction of sp³-hybridized carbons (Fsp3) is 0.238. The van der Waals surface area contributed by atoms with Crippen molar-refractivity contribution in [1.29, 1.82) is 0 Å². The van der Waals surface area contributed by atoms with E-state index in [-0.39, 0.29) is 11.9 Å². The molecular formula is C21H22N2O3S. The molecule has 1 aliphatic heterocycles. The van der Waals surface area contributed by atoms with Gasteiger partial charge in [0.15, 0.2) is 5.11 Å². The first-order chi connectivity index (χ1) is 13.0. The molecule has 1 saturated heterocycles. The predicted molar refractivity (Wildman–Crippen MR) is 109 cm³/mol. The molecule has 3 rings (SSSR count). The molecule has 27 heavy (non-hydrogen) atoms. The van der Waals surface area contributed by atoms with Crippen molar-refractivity contribution >= 4 is 29.3 Å². The molecular weight excluding hydrogens is 360 g/mol. The normalized spacial score (nSPS) is 16.6. The standard InChI is InChI=1S/C21H22N2O3S/c1-14(16-7-5-4-6-8-16)23-20(24)18(22-21(23)27)12-15-9-10-19(26-3)17(11-15)13-25-2/h4-12,14H,13H2,1-3H3,(H,22,27)/b18-12-. The number of methoxy groups -OCH3 is 2. The van der Waals surface area contributed by atoms with Gasteiger partial charge in [-0.25, -0.2) is 0 Å². The molecule has 0 radical (unpaired) electrons. The monoisotopic (exact) mass is 382 g/mol. The maximum Gasteiger partial charge on any atom is 0.277 e. The summed E-state index contributed by atoms with van der Waals surface area (Å²) in [6.07, 6.45) is 1.80. The highest BCUT2D eigenvalue weighted by molar-refractivity contribution is 7.80. The Bertz CT molecular complexity index is 880. The number of rotatable bonds is 6. The summed E-state index contributed by atoms with van der Waals surface area (Å²) in [4.78, 5) is 14.5. The van der Waals surface area contributed by atoms with E-state index in [0.717, 1.165) is 22.4 Å². The van der Waals surface area contributed by atoms with Gasteiger partial charge in [0.05, 0.1) is 19.8 Å². The average molecular weight is 382 g/mol. The van der Waals surface area contributed by atoms with E-state index in [1.807, 2.05) is 55.5 Å². The summed E-state index contributed by atoms with van der Waals surface area (Å²) >= 11 is 5.41. The first kappa shape index (κ1) is 19.1. The molecule has 140 valence electrons. The second kappa shape index (κ2) is 8.33. The highest BCUT2D eigenvalue weighted by Crippen LogP contribution is 2.27. The highest BCUT2D eigenvalue weighted by atomic mass is 32.1. The zero-order valence-corrected chi connectivity index (χ0v) is 16.4. The molecule has 2 aromatic rings. The van der Waals surface area contributed by atoms with Crippen molar-refractivity contribution in [1.82, 2.24) is 10.2 Å². The summed E-state index contributed by atoms with van der Waals surface area (Å²) in [5, 5.41) is 3.45. The van der Waals surface area contributed by atoms with Crippen molar-refractivity contribution in [2.75, 3.05) is 14.2 Å². The lowest BCUT2D eigenvalue weighted by Crippen LogP contribution is -2.33. The first-order valence-corrected chi connectivity index (χ1v) is 9.03. The number of ether oxygens (including phenoxy) is 2. The molecule has 1 N–H and O–H groups in total. The number of thiocarbonyl (C=S) groups is 1. The zero-order valence-electron chi connectivity index (χ0n) is 15.6. The third-order valence-electron chi connectivity index (χ3n) is 4.49. The molecule has 0 aromatic heterocycles. The van der Waals surface area contributed by atoms with Crippen LogP contribution in [0.4, 0.5) is 0 Å². The van der Waals surface area contributed by atoms with Gasteiger partial charge in [-0.15, -0.1) is 0 Å². The van der Waals surface area contributed by atoms with Gasteiger partial charge < -0.3 is 14.8 Å². The highest BCUT2D eigenvalue weighted by Gasteiger charge is 2.34. The van der Waals surface area contributed by atoms with E-state index >= 15 is 0 Å². The molecule has 0 spiro atoms. The first-order valence-electron chi connectivity index (χ1n) is 8.62. The van der Waals surface area contributed by atoms with Gasteiger partial charge in [-0.05, 0) is 48.5 Å². The molecule has 1 aliphatic rings. The summed E-state index contributed by atoms with van der Waals surface area (Å²) in [6.45, 7) is 2.39. The van der Waals surface area contributed by atoms with Crippen LogP contribution in [0.3, 0.4) is 0 Å². The summed E-state index contributed by atoms with van der Waals surface area (Å²) in [6, 6.07) is 15.4. The molecule has 5 nitrogen and oxygen atoms in total. The van der Waals surface area contributed by atoms with Crippen molar-refractivity contribution in [3.63, 3.8) is 0 Å². The van der Waals surface area contributed by atoms with E-state index in [4.69, 9.17) is 21.7 Å². The number of hydrogen-bond acceptors (Lipinski definition) is 4. The summed E-state index contributed by atoms with van der Waals surface area (Å²) < 4.78 is 10.6. The van der Waals surface area contributed by atoms with Crippen LogP contribution >= 0.6 is 12.2 Å². The van der Waals surface area contributed by atoms with Gasteiger partial charge in [0.25, 0.3) is 5.91 Å². The van der Waals surface area contributed by atoms with Crippen molar-refractivity contribution in [2.45, 2.75) is 19.6 Å². The van der Waals surface area contributed by atoms with Crippen LogP contribution in [0.5, 0.6) is 5.75 Å². The van der Waals surface area contributed by atoms with Gasteiger partial charge in [-0.2, -0.15) is 0 Å². The van der Waals surface area contributed by atoms with Crippen molar-refractivity contribution in [3.05, 3.63) is 70.9 Å². The number of nitrogens with one attached hydrogen (secondary N) is 1. The summed E-state index contributed by atoms with van der Waals surface area (Å²) in [5.74, 6) is 0.611. The minimum absolute atomic E-state index is 0.138. The maximum absolute atomic E-state index is 12.9. The van der Waals surface area contributed by atoms with Crippen LogP contribution in [0.15, 0.2) is 54.2 Å². The Labute approximate surface area is 164 Å². The molecule has 1 amide bonds. The van der Waals surface area contributed by atoms with E-state index in [2.05, 4.69) is 5.32 Å². The van der Waals surface area contributed by atoms with Crippen LogP contribution in [0.1, 0.15) is 29.7 Å². The van der Waals surface area contributed by atoms with Gasteiger partial charge in [0, 0.05) is 12.7 Å². The summed E-state index contributed by atoms with van der Waals surface area (Å²) in [5.41, 5.74) is 3.27. The topological polar surface area (TPSA) is 50.8 Å². The quantitative estimate of drug-likeness (QED) is 0.610. The Balaban J connectivity index is 1.87. The SMILES string of the molecule is COCc1cc(/C=C2\NC(=S)N(C(C)c3ccccc3)C2=O)ccc1OC. The molecule has 6 heteroatoms. The average Bonchev–Trinajstić information content (AvgIpc) is 2.95. The smallest absolute Gasteiger partial charge is 0.277 e. The lowest BCUT2D eigenvalue weighted by molar-refractivity contribution is -0.123. The third kappa shape index (κ3) is 4.02. The molecule has 0 bridgehead atoms. The Morgan fingerprint density at radius 3 is 2.59 bits per heavy atom. The molecule has 1 heterocycles. The van der Waals surface area contributed by atoms with Crippen molar-refractivity contribution in [2.24, 2.45) is 0 Å². The second-order valence-electron chi connectivity index (χ2n) is 6.25. The van der Waals surface area contributed by atoms with Crippen LogP contribution in [0.25, 0.3) is 6.08 Å². The van der Waals surface area contributed by atoms with Gasteiger partial charge in [-0.1, -0.05) is 36.4 Å². The van der Waals surface area contributed by atoms with E-state index in [0.29, 0.717) is 17.4 Å². The minimum atomic E-state index is -0.149. The van der Waals surface area contributed by atoms with Crippen LogP contribution in [-0.4, -0.2) is 30.1 Å². The number of nitrogens with zero attached hydrogens (tertiary/aromatic N) is 1. The van der Waals surface area contributed by atoms with Crippen LogP contribution < -0.4 is 10.1 Å². The largest absolute Gasteiger partial charge is 0.496 e. The number of benzene rings is 2. The fourth-order valence-electron chi connectivity index (χ4n) is 3.10. The minimum Gasteiger partial charge on any atom is -0.496 e.